The van der Waals surface area contributed by atoms with E-state index in [0.717, 1.165) is 44.6 Å². The van der Waals surface area contributed by atoms with Crippen LogP contribution in [0, 0.1) is 0 Å². The zero-order valence-corrected chi connectivity index (χ0v) is 16.9. The molecule has 1 fully saturated rings. The molecule has 150 valence electrons. The molecule has 0 radical (unpaired) electrons. The molecule has 6 nitrogen and oxygen atoms in total. The molecule has 0 saturated carbocycles. The lowest BCUT2D eigenvalue weighted by Crippen LogP contribution is -2.35. The Kier molecular flexibility index (Phi) is 9.04. The second kappa shape index (κ2) is 11.3. The van der Waals surface area contributed by atoms with E-state index in [0.29, 0.717) is 11.6 Å². The molecule has 0 aromatic heterocycles. The zero-order valence-electron chi connectivity index (χ0n) is 16.2. The van der Waals surface area contributed by atoms with Gasteiger partial charge in [-0.3, -0.25) is 9.59 Å². The number of nitrogens with one attached hydrogen (secondary N) is 2. The molecule has 1 heterocycles. The number of benzene rings is 1. The van der Waals surface area contributed by atoms with Gasteiger partial charge in [0.05, 0.1) is 18.6 Å². The van der Waals surface area contributed by atoms with E-state index in [1.54, 1.807) is 12.1 Å². The minimum atomic E-state index is -0.358. The van der Waals surface area contributed by atoms with Crippen molar-refractivity contribution in [2.45, 2.75) is 45.3 Å². The van der Waals surface area contributed by atoms with Crippen LogP contribution in [-0.4, -0.2) is 55.6 Å². The molecule has 1 aliphatic rings. The average molecular weight is 396 g/mol. The average Bonchev–Trinajstić information content (AvgIpc) is 2.82. The van der Waals surface area contributed by atoms with Gasteiger partial charge in [-0.05, 0) is 44.0 Å². The van der Waals surface area contributed by atoms with E-state index >= 15 is 0 Å². The molecule has 0 bridgehead atoms. The first-order valence-corrected chi connectivity index (χ1v) is 9.95. The molecule has 2 rings (SSSR count). The van der Waals surface area contributed by atoms with Gasteiger partial charge >= 0.3 is 0 Å². The maximum atomic E-state index is 12.3. The summed E-state index contributed by atoms with van der Waals surface area (Å²) in [6.07, 6.45) is 2.41. The Morgan fingerprint density at radius 3 is 2.78 bits per heavy atom. The first kappa shape index (κ1) is 21.7. The second-order valence-corrected chi connectivity index (χ2v) is 7.48. The summed E-state index contributed by atoms with van der Waals surface area (Å²) in [5.74, 6) is -0.239. The number of carbonyl (C=O) groups excluding carboxylic acids is 2. The van der Waals surface area contributed by atoms with E-state index in [1.807, 2.05) is 12.1 Å². The highest BCUT2D eigenvalue weighted by Crippen LogP contribution is 2.19. The summed E-state index contributed by atoms with van der Waals surface area (Å²) >= 11 is 5.92. The Morgan fingerprint density at radius 1 is 1.33 bits per heavy atom. The van der Waals surface area contributed by atoms with Crippen molar-refractivity contribution in [3.8, 4) is 0 Å². The minimum Gasteiger partial charge on any atom is -0.377 e. The van der Waals surface area contributed by atoms with Crippen LogP contribution >= 0.6 is 11.6 Å². The second-order valence-electron chi connectivity index (χ2n) is 7.05. The van der Waals surface area contributed by atoms with E-state index < -0.39 is 0 Å². The van der Waals surface area contributed by atoms with Crippen LogP contribution in [-0.2, 0) is 14.3 Å². The number of rotatable bonds is 8. The molecular weight excluding hydrogens is 366 g/mol. The highest BCUT2D eigenvalue weighted by molar-refractivity contribution is 6.30. The Bertz CT molecular complexity index is 609. The lowest BCUT2D eigenvalue weighted by Gasteiger charge is -2.22. The molecule has 0 aliphatic carbocycles. The fourth-order valence-corrected chi connectivity index (χ4v) is 3.39. The summed E-state index contributed by atoms with van der Waals surface area (Å²) in [6.45, 7) is 7.92. The molecule has 7 heteroatoms. The van der Waals surface area contributed by atoms with Crippen molar-refractivity contribution in [2.24, 2.45) is 0 Å². The fraction of sp³-hybridized carbons (Fsp3) is 0.600. The summed E-state index contributed by atoms with van der Waals surface area (Å²) in [7, 11) is 0. The lowest BCUT2D eigenvalue weighted by molar-refractivity contribution is -0.122. The first-order valence-electron chi connectivity index (χ1n) is 9.57. The van der Waals surface area contributed by atoms with Crippen molar-refractivity contribution in [2.75, 3.05) is 32.8 Å². The molecule has 1 aromatic carbocycles. The van der Waals surface area contributed by atoms with E-state index in [1.165, 1.54) is 6.92 Å². The van der Waals surface area contributed by atoms with Crippen LogP contribution in [0.15, 0.2) is 24.3 Å². The maximum Gasteiger partial charge on any atom is 0.222 e. The Morgan fingerprint density at radius 2 is 2.07 bits per heavy atom. The Hall–Kier alpha value is -1.63. The number of amides is 2. The van der Waals surface area contributed by atoms with Crippen LogP contribution in [0.4, 0.5) is 0 Å². The fourth-order valence-electron chi connectivity index (χ4n) is 3.26. The van der Waals surface area contributed by atoms with Gasteiger partial charge in [-0.15, -0.1) is 0 Å². The van der Waals surface area contributed by atoms with Gasteiger partial charge < -0.3 is 20.3 Å². The standard InChI is InChI=1S/C20H30ClN3O3/c1-15-14-24(11-4-12-27-15)10-3-9-22-20(26)13-19(23-16(2)25)17-5-7-18(21)8-6-17/h5-8,15,19H,3-4,9-14H2,1-2H3,(H,22,26)(H,23,25). The SMILES string of the molecule is CC(=O)NC(CC(=O)NCCCN1CCCOC(C)C1)c1ccc(Cl)cc1. The molecule has 2 N–H and O–H groups in total. The molecule has 1 aliphatic heterocycles. The predicted octanol–water partition coefficient (Wildman–Crippen LogP) is 2.52. The Labute approximate surface area is 166 Å². The van der Waals surface area contributed by atoms with Crippen molar-refractivity contribution in [1.29, 1.82) is 0 Å². The highest BCUT2D eigenvalue weighted by Gasteiger charge is 2.18. The van der Waals surface area contributed by atoms with Gasteiger partial charge in [0.2, 0.25) is 11.8 Å². The number of carbonyl (C=O) groups is 2. The van der Waals surface area contributed by atoms with E-state index in [9.17, 15) is 9.59 Å². The molecule has 1 aromatic rings. The summed E-state index contributed by atoms with van der Waals surface area (Å²) < 4.78 is 5.65. The third-order valence-electron chi connectivity index (χ3n) is 4.55. The molecule has 2 unspecified atom stereocenters. The summed E-state index contributed by atoms with van der Waals surface area (Å²) in [4.78, 5) is 26.2. The third kappa shape index (κ3) is 8.28. The van der Waals surface area contributed by atoms with E-state index in [4.69, 9.17) is 16.3 Å². The number of hydrogen-bond donors (Lipinski definition) is 2. The van der Waals surface area contributed by atoms with Gasteiger partial charge in [0.15, 0.2) is 0 Å². The van der Waals surface area contributed by atoms with Gasteiger partial charge in [0, 0.05) is 38.2 Å². The topological polar surface area (TPSA) is 70.7 Å². The number of ether oxygens (including phenoxy) is 1. The zero-order chi connectivity index (χ0) is 19.6. The van der Waals surface area contributed by atoms with Crippen molar-refractivity contribution in [1.82, 2.24) is 15.5 Å². The van der Waals surface area contributed by atoms with Crippen molar-refractivity contribution in [3.05, 3.63) is 34.9 Å². The van der Waals surface area contributed by atoms with E-state index in [2.05, 4.69) is 22.5 Å². The lowest BCUT2D eigenvalue weighted by atomic mass is 10.0. The summed E-state index contributed by atoms with van der Waals surface area (Å²) in [5.41, 5.74) is 0.864. The smallest absolute Gasteiger partial charge is 0.222 e. The monoisotopic (exact) mass is 395 g/mol. The molecule has 0 spiro atoms. The molecule has 2 atom stereocenters. The highest BCUT2D eigenvalue weighted by atomic mass is 35.5. The van der Waals surface area contributed by atoms with Crippen LogP contribution < -0.4 is 10.6 Å². The molecular formula is C20H30ClN3O3. The molecule has 1 saturated heterocycles. The van der Waals surface area contributed by atoms with Crippen LogP contribution in [0.3, 0.4) is 0 Å². The number of nitrogens with zero attached hydrogens (tertiary/aromatic N) is 1. The van der Waals surface area contributed by atoms with Gasteiger partial charge in [0.1, 0.15) is 0 Å². The van der Waals surface area contributed by atoms with Gasteiger partial charge in [-0.25, -0.2) is 0 Å². The number of halogens is 1. The maximum absolute atomic E-state index is 12.3. The summed E-state index contributed by atoms with van der Waals surface area (Å²) in [5, 5.41) is 6.42. The quantitative estimate of drug-likeness (QED) is 0.663. The van der Waals surface area contributed by atoms with E-state index in [-0.39, 0.29) is 30.4 Å². The van der Waals surface area contributed by atoms with Crippen LogP contribution in [0.2, 0.25) is 5.02 Å². The third-order valence-corrected chi connectivity index (χ3v) is 4.80. The summed E-state index contributed by atoms with van der Waals surface area (Å²) in [6, 6.07) is 6.83. The van der Waals surface area contributed by atoms with Crippen LogP contribution in [0.25, 0.3) is 0 Å². The molecule has 2 amide bonds. The van der Waals surface area contributed by atoms with Crippen LogP contribution in [0.1, 0.15) is 44.7 Å². The van der Waals surface area contributed by atoms with Gasteiger partial charge in [-0.1, -0.05) is 23.7 Å². The molecule has 27 heavy (non-hydrogen) atoms. The van der Waals surface area contributed by atoms with Crippen molar-refractivity contribution >= 4 is 23.4 Å². The number of hydrogen-bond acceptors (Lipinski definition) is 4. The largest absolute Gasteiger partial charge is 0.377 e. The minimum absolute atomic E-state index is 0.0729. The van der Waals surface area contributed by atoms with Gasteiger partial charge in [-0.2, -0.15) is 0 Å². The van der Waals surface area contributed by atoms with Crippen molar-refractivity contribution < 1.29 is 14.3 Å². The van der Waals surface area contributed by atoms with Gasteiger partial charge in [0.25, 0.3) is 0 Å². The normalized spacial score (nSPS) is 19.1. The van der Waals surface area contributed by atoms with Crippen LogP contribution in [0.5, 0.6) is 0 Å². The Balaban J connectivity index is 1.76. The predicted molar refractivity (Wildman–Crippen MR) is 107 cm³/mol. The van der Waals surface area contributed by atoms with Crippen molar-refractivity contribution in [3.63, 3.8) is 0 Å². The first-order chi connectivity index (χ1) is 12.9.